The monoisotopic (exact) mass is 370 g/mol. The van der Waals surface area contributed by atoms with Crippen molar-refractivity contribution in [1.82, 2.24) is 15.4 Å². The fourth-order valence-corrected chi connectivity index (χ4v) is 3.18. The van der Waals surface area contributed by atoms with E-state index in [1.54, 1.807) is 12.1 Å². The number of hydrogen-bond donors (Lipinski definition) is 2. The first-order chi connectivity index (χ1) is 12.9. The highest BCUT2D eigenvalue weighted by Crippen LogP contribution is 2.31. The molecule has 9 nitrogen and oxygen atoms in total. The Labute approximate surface area is 156 Å². The van der Waals surface area contributed by atoms with Crippen LogP contribution in [0.5, 0.6) is 0 Å². The van der Waals surface area contributed by atoms with Crippen LogP contribution in [0.4, 0.5) is 17.3 Å². The number of carbonyl (C=O) groups excluding carboxylic acids is 1. The van der Waals surface area contributed by atoms with Crippen LogP contribution in [0.1, 0.15) is 41.0 Å². The van der Waals surface area contributed by atoms with Crippen LogP contribution in [0.3, 0.4) is 0 Å². The number of hydrazine groups is 1. The van der Waals surface area contributed by atoms with Gasteiger partial charge in [0.2, 0.25) is 5.95 Å². The second-order valence-electron chi connectivity index (χ2n) is 6.56. The highest BCUT2D eigenvalue weighted by Gasteiger charge is 2.23. The SMILES string of the molecule is Cc1cc(C)nc(NNC(=O)c2ccc(N3CCCCC3)c([N+](=O)[O-])c2)n1. The summed E-state index contributed by atoms with van der Waals surface area (Å²) < 4.78 is 0. The minimum Gasteiger partial charge on any atom is -0.366 e. The van der Waals surface area contributed by atoms with Crippen molar-refractivity contribution in [1.29, 1.82) is 0 Å². The summed E-state index contributed by atoms with van der Waals surface area (Å²) >= 11 is 0. The predicted octanol–water partition coefficient (Wildman–Crippen LogP) is 2.75. The van der Waals surface area contributed by atoms with Crippen LogP contribution in [-0.4, -0.2) is 33.9 Å². The first-order valence-electron chi connectivity index (χ1n) is 8.86. The van der Waals surface area contributed by atoms with Gasteiger partial charge in [0, 0.05) is 36.1 Å². The molecule has 1 aromatic heterocycles. The van der Waals surface area contributed by atoms with Crippen molar-refractivity contribution in [3.63, 3.8) is 0 Å². The van der Waals surface area contributed by atoms with Gasteiger partial charge < -0.3 is 4.90 Å². The van der Waals surface area contributed by atoms with Gasteiger partial charge in [-0.1, -0.05) is 0 Å². The number of hydrogen-bond acceptors (Lipinski definition) is 7. The van der Waals surface area contributed by atoms with Crippen molar-refractivity contribution >= 4 is 23.2 Å². The zero-order chi connectivity index (χ0) is 19.4. The first kappa shape index (κ1) is 18.6. The number of benzene rings is 1. The molecule has 0 saturated carbocycles. The van der Waals surface area contributed by atoms with E-state index in [1.165, 1.54) is 6.07 Å². The molecule has 9 heteroatoms. The summed E-state index contributed by atoms with van der Waals surface area (Å²) in [6.07, 6.45) is 3.16. The van der Waals surface area contributed by atoms with Crippen molar-refractivity contribution in [2.24, 2.45) is 0 Å². The normalized spacial score (nSPS) is 13.9. The molecule has 2 aromatic rings. The summed E-state index contributed by atoms with van der Waals surface area (Å²) in [5, 5.41) is 11.5. The van der Waals surface area contributed by atoms with Gasteiger partial charge in [0.1, 0.15) is 5.69 Å². The first-order valence-corrected chi connectivity index (χ1v) is 8.86. The van der Waals surface area contributed by atoms with E-state index in [-0.39, 0.29) is 17.2 Å². The molecule has 0 radical (unpaired) electrons. The summed E-state index contributed by atoms with van der Waals surface area (Å²) in [7, 11) is 0. The molecule has 1 aromatic carbocycles. The van der Waals surface area contributed by atoms with Crippen LogP contribution in [-0.2, 0) is 0 Å². The molecule has 0 aliphatic carbocycles. The van der Waals surface area contributed by atoms with Crippen molar-refractivity contribution in [3.8, 4) is 0 Å². The van der Waals surface area contributed by atoms with Gasteiger partial charge in [-0.3, -0.25) is 25.8 Å². The van der Waals surface area contributed by atoms with Crippen LogP contribution in [0, 0.1) is 24.0 Å². The van der Waals surface area contributed by atoms with Crippen molar-refractivity contribution in [3.05, 3.63) is 51.3 Å². The average Bonchev–Trinajstić information content (AvgIpc) is 2.65. The van der Waals surface area contributed by atoms with Gasteiger partial charge in [-0.15, -0.1) is 0 Å². The summed E-state index contributed by atoms with van der Waals surface area (Å²) in [6.45, 7) is 5.23. The number of nitrogens with zero attached hydrogens (tertiary/aromatic N) is 4. The molecule has 0 atom stereocenters. The lowest BCUT2D eigenvalue weighted by atomic mass is 10.1. The molecule has 1 saturated heterocycles. The van der Waals surface area contributed by atoms with E-state index in [9.17, 15) is 14.9 Å². The minimum atomic E-state index is -0.494. The Morgan fingerprint density at radius 2 is 1.78 bits per heavy atom. The number of amides is 1. The van der Waals surface area contributed by atoms with Crippen LogP contribution >= 0.6 is 0 Å². The maximum Gasteiger partial charge on any atom is 0.293 e. The number of nitro groups is 1. The smallest absolute Gasteiger partial charge is 0.293 e. The van der Waals surface area contributed by atoms with Gasteiger partial charge in [0.05, 0.1) is 4.92 Å². The van der Waals surface area contributed by atoms with Gasteiger partial charge in [0.25, 0.3) is 11.6 Å². The molecule has 1 fully saturated rings. The largest absolute Gasteiger partial charge is 0.366 e. The number of aromatic nitrogens is 2. The molecule has 0 spiro atoms. The second-order valence-corrected chi connectivity index (χ2v) is 6.56. The fraction of sp³-hybridized carbons (Fsp3) is 0.389. The van der Waals surface area contributed by atoms with Gasteiger partial charge in [-0.25, -0.2) is 9.97 Å². The third-order valence-corrected chi connectivity index (χ3v) is 4.40. The molecule has 1 amide bonds. The Balaban J connectivity index is 1.76. The Morgan fingerprint density at radius 3 is 2.41 bits per heavy atom. The fourth-order valence-electron chi connectivity index (χ4n) is 3.18. The molecule has 3 rings (SSSR count). The van der Waals surface area contributed by atoms with Crippen molar-refractivity contribution in [2.75, 3.05) is 23.4 Å². The summed E-state index contributed by atoms with van der Waals surface area (Å²) in [6, 6.07) is 6.36. The topological polar surface area (TPSA) is 113 Å². The minimum absolute atomic E-state index is 0.0628. The number of rotatable bonds is 5. The molecule has 2 N–H and O–H groups in total. The van der Waals surface area contributed by atoms with Crippen LogP contribution < -0.4 is 15.8 Å². The Bertz CT molecular complexity index is 844. The van der Waals surface area contributed by atoms with Gasteiger partial charge >= 0.3 is 0 Å². The molecule has 27 heavy (non-hydrogen) atoms. The van der Waals surface area contributed by atoms with Gasteiger partial charge in [-0.2, -0.15) is 0 Å². The Morgan fingerprint density at radius 1 is 1.11 bits per heavy atom. The third kappa shape index (κ3) is 4.49. The zero-order valence-electron chi connectivity index (χ0n) is 15.4. The van der Waals surface area contributed by atoms with Gasteiger partial charge in [0.15, 0.2) is 0 Å². The lowest BCUT2D eigenvalue weighted by Gasteiger charge is -2.28. The lowest BCUT2D eigenvalue weighted by Crippen LogP contribution is -2.31. The van der Waals surface area contributed by atoms with Crippen molar-refractivity contribution in [2.45, 2.75) is 33.1 Å². The van der Waals surface area contributed by atoms with E-state index in [1.807, 2.05) is 24.8 Å². The quantitative estimate of drug-likeness (QED) is 0.614. The summed E-state index contributed by atoms with van der Waals surface area (Å²) in [5.41, 5.74) is 7.35. The molecule has 2 heterocycles. The highest BCUT2D eigenvalue weighted by molar-refractivity contribution is 5.96. The molecule has 1 aliphatic heterocycles. The second kappa shape index (κ2) is 7.98. The molecule has 0 bridgehead atoms. The predicted molar refractivity (Wildman–Crippen MR) is 102 cm³/mol. The standard InChI is InChI=1S/C18H22N6O3/c1-12-10-13(2)20-18(19-12)22-21-17(25)14-6-7-15(16(11-14)24(26)27)23-8-4-3-5-9-23/h6-7,10-11H,3-5,8-9H2,1-2H3,(H,21,25)(H,19,20,22). The molecule has 0 unspecified atom stereocenters. The maximum atomic E-state index is 12.4. The Kier molecular flexibility index (Phi) is 5.49. The lowest BCUT2D eigenvalue weighted by molar-refractivity contribution is -0.384. The van der Waals surface area contributed by atoms with Crippen LogP contribution in [0.2, 0.25) is 0 Å². The molecule has 1 aliphatic rings. The number of nitro benzene ring substituents is 1. The summed E-state index contributed by atoms with van der Waals surface area (Å²) in [5.74, 6) is -0.230. The molecular weight excluding hydrogens is 348 g/mol. The number of carbonyl (C=O) groups is 1. The molecular formula is C18H22N6O3. The number of aryl methyl sites for hydroxylation is 2. The van der Waals surface area contributed by atoms with Crippen molar-refractivity contribution < 1.29 is 9.72 Å². The third-order valence-electron chi connectivity index (χ3n) is 4.40. The van der Waals surface area contributed by atoms with E-state index in [4.69, 9.17) is 0 Å². The number of piperidine rings is 1. The Hall–Kier alpha value is -3.23. The zero-order valence-corrected chi connectivity index (χ0v) is 15.4. The number of anilines is 2. The van der Waals surface area contributed by atoms with Gasteiger partial charge in [-0.05, 0) is 51.3 Å². The molecule has 142 valence electrons. The van der Waals surface area contributed by atoms with E-state index in [2.05, 4.69) is 20.8 Å². The van der Waals surface area contributed by atoms with E-state index < -0.39 is 10.8 Å². The van der Waals surface area contributed by atoms with Crippen LogP contribution in [0.25, 0.3) is 0 Å². The average molecular weight is 370 g/mol. The van der Waals surface area contributed by atoms with E-state index in [0.717, 1.165) is 43.7 Å². The summed E-state index contributed by atoms with van der Waals surface area (Å²) in [4.78, 5) is 33.8. The van der Waals surface area contributed by atoms with Crippen LogP contribution in [0.15, 0.2) is 24.3 Å². The maximum absolute atomic E-state index is 12.4. The highest BCUT2D eigenvalue weighted by atomic mass is 16.6. The number of nitrogens with one attached hydrogen (secondary N) is 2. The van der Waals surface area contributed by atoms with E-state index in [0.29, 0.717) is 5.69 Å². The van der Waals surface area contributed by atoms with E-state index >= 15 is 0 Å².